The van der Waals surface area contributed by atoms with E-state index in [1.165, 1.54) is 0 Å². The molecular formula is C22H25NO5. The Hall–Kier alpha value is -3.02. The lowest BCUT2D eigenvalue weighted by molar-refractivity contribution is -0.137. The molecule has 0 fully saturated rings. The van der Waals surface area contributed by atoms with Gasteiger partial charge in [-0.05, 0) is 30.0 Å². The molecule has 0 bridgehead atoms. The monoisotopic (exact) mass is 383 g/mol. The molecule has 0 radical (unpaired) electrons. The number of carbonyl (C=O) groups is 2. The highest BCUT2D eigenvalue weighted by molar-refractivity contribution is 6.02. The topological polar surface area (TPSA) is 76.1 Å². The Kier molecular flexibility index (Phi) is 6.19. The normalized spacial score (nSPS) is 12.8. The number of nitrogens with zero attached hydrogens (tertiary/aromatic N) is 1. The molecule has 0 saturated carbocycles. The van der Waals surface area contributed by atoms with Gasteiger partial charge >= 0.3 is 5.97 Å². The van der Waals surface area contributed by atoms with E-state index in [4.69, 9.17) is 14.6 Å². The van der Waals surface area contributed by atoms with Crippen LogP contribution < -0.4 is 9.47 Å². The Bertz CT molecular complexity index is 863. The number of rotatable bonds is 9. The molecule has 1 aliphatic heterocycles. The third kappa shape index (κ3) is 3.96. The standard InChI is InChI=1S/C22H25NO5/c1-27-18-13-16-17(20(21(18)28-2)15-9-5-3-6-10-15)14-23(22(16)26)12-8-4-7-11-19(24)25/h3,5-6,9-10,13H,4,7-8,11-12,14H2,1-2H3,(H,24,25). The van der Waals surface area contributed by atoms with Crippen molar-refractivity contribution in [3.8, 4) is 22.6 Å². The summed E-state index contributed by atoms with van der Waals surface area (Å²) in [5.41, 5.74) is 3.45. The van der Waals surface area contributed by atoms with Crippen molar-refractivity contribution in [2.75, 3.05) is 20.8 Å². The number of methoxy groups -OCH3 is 2. The summed E-state index contributed by atoms with van der Waals surface area (Å²) in [7, 11) is 3.17. The Balaban J connectivity index is 1.88. The number of carbonyl (C=O) groups excluding carboxylic acids is 1. The van der Waals surface area contributed by atoms with Gasteiger partial charge in [-0.25, -0.2) is 0 Å². The number of hydrogen-bond acceptors (Lipinski definition) is 4. The van der Waals surface area contributed by atoms with Crippen molar-refractivity contribution in [2.45, 2.75) is 32.2 Å². The van der Waals surface area contributed by atoms with E-state index < -0.39 is 5.97 Å². The van der Waals surface area contributed by atoms with Gasteiger partial charge in [-0.15, -0.1) is 0 Å². The largest absolute Gasteiger partial charge is 0.493 e. The quantitative estimate of drug-likeness (QED) is 0.663. The van der Waals surface area contributed by atoms with E-state index in [1.807, 2.05) is 35.2 Å². The Morgan fingerprint density at radius 1 is 1.11 bits per heavy atom. The van der Waals surface area contributed by atoms with Crippen LogP contribution in [0.2, 0.25) is 0 Å². The lowest BCUT2D eigenvalue weighted by Crippen LogP contribution is -2.25. The molecule has 3 rings (SSSR count). The van der Waals surface area contributed by atoms with E-state index in [0.717, 1.165) is 29.5 Å². The van der Waals surface area contributed by atoms with Crippen molar-refractivity contribution < 1.29 is 24.2 Å². The van der Waals surface area contributed by atoms with Gasteiger partial charge in [-0.3, -0.25) is 9.59 Å². The van der Waals surface area contributed by atoms with E-state index in [1.54, 1.807) is 20.3 Å². The summed E-state index contributed by atoms with van der Waals surface area (Å²) in [4.78, 5) is 25.4. The number of amides is 1. The van der Waals surface area contributed by atoms with E-state index in [-0.39, 0.29) is 12.3 Å². The van der Waals surface area contributed by atoms with Crippen LogP contribution in [0.15, 0.2) is 36.4 Å². The second kappa shape index (κ2) is 8.78. The maximum atomic E-state index is 13.0. The molecule has 2 aromatic carbocycles. The van der Waals surface area contributed by atoms with E-state index in [9.17, 15) is 9.59 Å². The Morgan fingerprint density at radius 3 is 2.50 bits per heavy atom. The highest BCUT2D eigenvalue weighted by atomic mass is 16.5. The fourth-order valence-corrected chi connectivity index (χ4v) is 3.67. The smallest absolute Gasteiger partial charge is 0.303 e. The van der Waals surface area contributed by atoms with E-state index >= 15 is 0 Å². The van der Waals surface area contributed by atoms with Crippen LogP contribution in [-0.4, -0.2) is 42.6 Å². The number of unbranched alkanes of at least 4 members (excludes halogenated alkanes) is 2. The maximum Gasteiger partial charge on any atom is 0.303 e. The van der Waals surface area contributed by atoms with Crippen molar-refractivity contribution in [1.29, 1.82) is 0 Å². The minimum Gasteiger partial charge on any atom is -0.493 e. The summed E-state index contributed by atoms with van der Waals surface area (Å²) < 4.78 is 11.1. The molecular weight excluding hydrogens is 358 g/mol. The minimum absolute atomic E-state index is 0.0219. The predicted octanol–water partition coefficient (Wildman–Crippen LogP) is 3.97. The summed E-state index contributed by atoms with van der Waals surface area (Å²) >= 11 is 0. The van der Waals surface area contributed by atoms with Crippen LogP contribution in [-0.2, 0) is 11.3 Å². The highest BCUT2D eigenvalue weighted by Gasteiger charge is 2.33. The first kappa shape index (κ1) is 19.7. The van der Waals surface area contributed by atoms with Crippen LogP contribution in [0.25, 0.3) is 11.1 Å². The fourth-order valence-electron chi connectivity index (χ4n) is 3.67. The molecule has 0 atom stereocenters. The molecule has 28 heavy (non-hydrogen) atoms. The van der Waals surface area contributed by atoms with Crippen molar-refractivity contribution in [1.82, 2.24) is 4.90 Å². The molecule has 6 nitrogen and oxygen atoms in total. The Labute approximate surface area is 164 Å². The zero-order valence-corrected chi connectivity index (χ0v) is 16.2. The predicted molar refractivity (Wildman–Crippen MR) is 106 cm³/mol. The number of fused-ring (bicyclic) bond motifs is 1. The van der Waals surface area contributed by atoms with E-state index in [2.05, 4.69) is 0 Å². The van der Waals surface area contributed by atoms with Crippen LogP contribution in [0.4, 0.5) is 0 Å². The zero-order valence-electron chi connectivity index (χ0n) is 16.2. The molecule has 1 amide bonds. The summed E-state index contributed by atoms with van der Waals surface area (Å²) in [6.07, 6.45) is 2.36. The zero-order chi connectivity index (χ0) is 20.1. The molecule has 0 unspecified atom stereocenters. The second-order valence-electron chi connectivity index (χ2n) is 6.81. The number of carboxylic acids is 1. The van der Waals surface area contributed by atoms with Crippen LogP contribution in [0, 0.1) is 0 Å². The minimum atomic E-state index is -0.781. The summed E-state index contributed by atoms with van der Waals surface area (Å²) in [5.74, 6) is 0.364. The van der Waals surface area contributed by atoms with Gasteiger partial charge in [0.15, 0.2) is 11.5 Å². The first-order valence-electron chi connectivity index (χ1n) is 9.41. The van der Waals surface area contributed by atoms with Crippen molar-refractivity contribution in [3.63, 3.8) is 0 Å². The molecule has 0 aliphatic carbocycles. The lowest BCUT2D eigenvalue weighted by Gasteiger charge is -2.17. The second-order valence-corrected chi connectivity index (χ2v) is 6.81. The lowest BCUT2D eigenvalue weighted by atomic mass is 9.95. The number of carboxylic acid groups (broad SMARTS) is 1. The van der Waals surface area contributed by atoms with Gasteiger partial charge in [0.25, 0.3) is 5.91 Å². The first-order chi connectivity index (χ1) is 13.6. The Morgan fingerprint density at radius 2 is 1.86 bits per heavy atom. The van der Waals surface area contributed by atoms with Crippen LogP contribution >= 0.6 is 0 Å². The SMILES string of the molecule is COc1cc2c(c(-c3ccccc3)c1OC)CN(CCCCCC(=O)O)C2=O. The molecule has 0 saturated heterocycles. The van der Waals surface area contributed by atoms with Crippen molar-refractivity contribution in [2.24, 2.45) is 0 Å². The molecule has 0 spiro atoms. The molecule has 0 aromatic heterocycles. The van der Waals surface area contributed by atoms with Gasteiger partial charge in [-0.2, -0.15) is 0 Å². The third-order valence-electron chi connectivity index (χ3n) is 5.02. The van der Waals surface area contributed by atoms with Crippen LogP contribution in [0.5, 0.6) is 11.5 Å². The average Bonchev–Trinajstić information content (AvgIpc) is 3.02. The van der Waals surface area contributed by atoms with Gasteiger partial charge in [0.05, 0.1) is 14.2 Å². The van der Waals surface area contributed by atoms with Crippen molar-refractivity contribution >= 4 is 11.9 Å². The molecule has 148 valence electrons. The highest BCUT2D eigenvalue weighted by Crippen LogP contribution is 2.45. The molecule has 2 aromatic rings. The molecule has 1 N–H and O–H groups in total. The van der Waals surface area contributed by atoms with Gasteiger partial charge < -0.3 is 19.5 Å². The molecule has 6 heteroatoms. The van der Waals surface area contributed by atoms with E-state index in [0.29, 0.717) is 36.6 Å². The van der Waals surface area contributed by atoms with Crippen LogP contribution in [0.3, 0.4) is 0 Å². The molecule has 1 aliphatic rings. The summed E-state index contributed by atoms with van der Waals surface area (Å²) in [6, 6.07) is 11.6. The number of benzene rings is 2. The van der Waals surface area contributed by atoms with Gasteiger partial charge in [0.1, 0.15) is 0 Å². The molecule has 1 heterocycles. The van der Waals surface area contributed by atoms with Gasteiger partial charge in [0.2, 0.25) is 0 Å². The van der Waals surface area contributed by atoms with Crippen molar-refractivity contribution in [3.05, 3.63) is 47.5 Å². The number of aliphatic carboxylic acids is 1. The summed E-state index contributed by atoms with van der Waals surface area (Å²) in [6.45, 7) is 1.11. The number of ether oxygens (including phenoxy) is 2. The average molecular weight is 383 g/mol. The summed E-state index contributed by atoms with van der Waals surface area (Å²) in [5, 5.41) is 8.73. The first-order valence-corrected chi connectivity index (χ1v) is 9.41. The third-order valence-corrected chi connectivity index (χ3v) is 5.02. The fraction of sp³-hybridized carbons (Fsp3) is 0.364. The van der Waals surface area contributed by atoms with Gasteiger partial charge in [-0.1, -0.05) is 36.8 Å². The van der Waals surface area contributed by atoms with Gasteiger partial charge in [0, 0.05) is 30.6 Å². The number of hydrogen-bond donors (Lipinski definition) is 1. The van der Waals surface area contributed by atoms with Crippen LogP contribution in [0.1, 0.15) is 41.6 Å². The maximum absolute atomic E-state index is 13.0.